The normalized spacial score (nSPS) is 17.1. The number of nitrogens with one attached hydrogen (secondary N) is 3. The molecule has 0 unspecified atom stereocenters. The van der Waals surface area contributed by atoms with Crippen LogP contribution in [0.2, 0.25) is 0 Å². The van der Waals surface area contributed by atoms with Crippen LogP contribution in [0.4, 0.5) is 5.69 Å². The van der Waals surface area contributed by atoms with Crippen LogP contribution in [-0.4, -0.2) is 32.1 Å². The Balaban J connectivity index is 2.40. The van der Waals surface area contributed by atoms with E-state index in [1.165, 1.54) is 0 Å². The van der Waals surface area contributed by atoms with E-state index in [1.54, 1.807) is 19.2 Å². The van der Waals surface area contributed by atoms with Gasteiger partial charge in [0.25, 0.3) is 0 Å². The number of ether oxygens (including phenoxy) is 1. The van der Waals surface area contributed by atoms with E-state index in [1.807, 2.05) is 14.1 Å². The van der Waals surface area contributed by atoms with Gasteiger partial charge in [0.15, 0.2) is 0 Å². The minimum atomic E-state index is -0.519. The van der Waals surface area contributed by atoms with Gasteiger partial charge in [-0.1, -0.05) is 0 Å². The third kappa shape index (κ3) is 1.92. The molecule has 0 aliphatic carbocycles. The van der Waals surface area contributed by atoms with E-state index in [0.717, 1.165) is 29.8 Å². The lowest BCUT2D eigenvalue weighted by Crippen LogP contribution is -2.60. The van der Waals surface area contributed by atoms with Gasteiger partial charge in [0.1, 0.15) is 11.5 Å². The van der Waals surface area contributed by atoms with Crippen LogP contribution in [0.25, 0.3) is 0 Å². The number of benzene rings is 1. The van der Waals surface area contributed by atoms with Crippen molar-refractivity contribution in [3.05, 3.63) is 17.7 Å². The number of aromatic hydroxyl groups is 1. The molecule has 0 fully saturated rings. The van der Waals surface area contributed by atoms with Crippen molar-refractivity contribution in [3.8, 4) is 11.5 Å². The number of anilines is 1. The van der Waals surface area contributed by atoms with Crippen LogP contribution >= 0.6 is 0 Å². The summed E-state index contributed by atoms with van der Waals surface area (Å²) in [7, 11) is 5.52. The third-order valence-corrected chi connectivity index (χ3v) is 3.32. The summed E-state index contributed by atoms with van der Waals surface area (Å²) < 4.78 is 5.94. The lowest BCUT2D eigenvalue weighted by molar-refractivity contribution is -0.00636. The molecule has 1 aromatic rings. The fourth-order valence-corrected chi connectivity index (χ4v) is 2.26. The smallest absolute Gasteiger partial charge is 0.217 e. The molecule has 4 N–H and O–H groups in total. The fraction of sp³-hybridized carbons (Fsp3) is 0.500. The summed E-state index contributed by atoms with van der Waals surface area (Å²) in [6.07, 6.45) is 1.63. The van der Waals surface area contributed by atoms with Crippen LogP contribution < -0.4 is 20.7 Å². The number of hydrogen-bond acceptors (Lipinski definition) is 5. The Morgan fingerprint density at radius 2 is 1.94 bits per heavy atom. The Hall–Kier alpha value is -1.46. The maximum Gasteiger partial charge on any atom is 0.217 e. The zero-order valence-electron chi connectivity index (χ0n) is 10.4. The van der Waals surface area contributed by atoms with Crippen LogP contribution in [-0.2, 0) is 6.42 Å². The van der Waals surface area contributed by atoms with Crippen molar-refractivity contribution in [1.29, 1.82) is 0 Å². The van der Waals surface area contributed by atoms with Crippen LogP contribution in [0.5, 0.6) is 11.5 Å². The maximum atomic E-state index is 9.76. The Labute approximate surface area is 101 Å². The molecule has 5 nitrogen and oxygen atoms in total. The zero-order valence-corrected chi connectivity index (χ0v) is 10.4. The molecule has 0 aromatic heterocycles. The average Bonchev–Trinajstić information content (AvgIpc) is 2.38. The fourth-order valence-electron chi connectivity index (χ4n) is 2.26. The summed E-state index contributed by atoms with van der Waals surface area (Å²) in [4.78, 5) is 0. The van der Waals surface area contributed by atoms with Crippen molar-refractivity contribution in [1.82, 2.24) is 10.6 Å². The van der Waals surface area contributed by atoms with Gasteiger partial charge < -0.3 is 15.2 Å². The van der Waals surface area contributed by atoms with E-state index < -0.39 is 5.85 Å². The van der Waals surface area contributed by atoms with Gasteiger partial charge in [-0.05, 0) is 32.6 Å². The van der Waals surface area contributed by atoms with Gasteiger partial charge in [-0.25, -0.2) is 0 Å². The van der Waals surface area contributed by atoms with Gasteiger partial charge in [-0.2, -0.15) is 0 Å². The molecular formula is C12H19N3O2. The highest BCUT2D eigenvalue weighted by Crippen LogP contribution is 2.39. The van der Waals surface area contributed by atoms with E-state index in [9.17, 15) is 5.11 Å². The summed E-state index contributed by atoms with van der Waals surface area (Å²) in [5.41, 5.74) is 1.77. The van der Waals surface area contributed by atoms with Gasteiger partial charge in [-0.15, -0.1) is 0 Å². The quantitative estimate of drug-likeness (QED) is 0.464. The van der Waals surface area contributed by atoms with Crippen molar-refractivity contribution in [2.75, 3.05) is 26.5 Å². The van der Waals surface area contributed by atoms with Gasteiger partial charge >= 0.3 is 0 Å². The standard InChI is InChI=1S/C12H19N3O2/c1-13-11-8-6-7-12(14-2,15-3)17-10(8)5-4-9(11)16/h4-5,13-16H,6-7H2,1-3H3. The first-order chi connectivity index (χ1) is 8.15. The molecule has 1 aromatic carbocycles. The molecule has 0 saturated carbocycles. The molecule has 0 radical (unpaired) electrons. The van der Waals surface area contributed by atoms with Gasteiger partial charge in [0.2, 0.25) is 5.85 Å². The van der Waals surface area contributed by atoms with E-state index in [0.29, 0.717) is 0 Å². The molecule has 1 heterocycles. The first-order valence-corrected chi connectivity index (χ1v) is 5.75. The van der Waals surface area contributed by atoms with E-state index in [2.05, 4.69) is 16.0 Å². The Morgan fingerprint density at radius 1 is 1.24 bits per heavy atom. The summed E-state index contributed by atoms with van der Waals surface area (Å²) in [5.74, 6) is 0.535. The monoisotopic (exact) mass is 237 g/mol. The second-order valence-corrected chi connectivity index (χ2v) is 4.12. The Kier molecular flexibility index (Phi) is 3.13. The average molecular weight is 237 g/mol. The minimum absolute atomic E-state index is 0.260. The van der Waals surface area contributed by atoms with E-state index in [-0.39, 0.29) is 5.75 Å². The SMILES string of the molecule is CNc1c(O)ccc2c1CCC(NC)(NC)O2. The molecule has 0 spiro atoms. The van der Waals surface area contributed by atoms with Crippen molar-refractivity contribution in [3.63, 3.8) is 0 Å². The van der Waals surface area contributed by atoms with Gasteiger partial charge in [-0.3, -0.25) is 10.6 Å². The van der Waals surface area contributed by atoms with Crippen molar-refractivity contribution >= 4 is 5.69 Å². The summed E-state index contributed by atoms with van der Waals surface area (Å²) in [6.45, 7) is 0. The number of hydrogen-bond donors (Lipinski definition) is 4. The molecule has 1 aliphatic rings. The highest BCUT2D eigenvalue weighted by Gasteiger charge is 2.34. The van der Waals surface area contributed by atoms with Crippen molar-refractivity contribution in [2.24, 2.45) is 0 Å². The molecular weight excluding hydrogens is 218 g/mol. The summed E-state index contributed by atoms with van der Waals surface area (Å²) in [6, 6.07) is 3.44. The molecule has 0 bridgehead atoms. The van der Waals surface area contributed by atoms with E-state index in [4.69, 9.17) is 4.74 Å². The Morgan fingerprint density at radius 3 is 2.53 bits per heavy atom. The Bertz CT molecular complexity index is 416. The van der Waals surface area contributed by atoms with Crippen LogP contribution in [0.15, 0.2) is 12.1 Å². The lowest BCUT2D eigenvalue weighted by Gasteiger charge is -2.38. The topological polar surface area (TPSA) is 65.5 Å². The molecule has 0 saturated heterocycles. The first-order valence-electron chi connectivity index (χ1n) is 5.75. The molecule has 5 heteroatoms. The minimum Gasteiger partial charge on any atom is -0.506 e. The predicted octanol–water partition coefficient (Wildman–Crippen LogP) is 0.851. The number of fused-ring (bicyclic) bond motifs is 1. The van der Waals surface area contributed by atoms with Crippen LogP contribution in [0.1, 0.15) is 12.0 Å². The second kappa shape index (κ2) is 4.43. The number of phenols is 1. The number of rotatable bonds is 3. The molecule has 94 valence electrons. The maximum absolute atomic E-state index is 9.76. The largest absolute Gasteiger partial charge is 0.506 e. The van der Waals surface area contributed by atoms with Crippen LogP contribution in [0, 0.1) is 0 Å². The second-order valence-electron chi connectivity index (χ2n) is 4.12. The number of phenolic OH excluding ortho intramolecular Hbond substituents is 1. The highest BCUT2D eigenvalue weighted by molar-refractivity contribution is 5.66. The lowest BCUT2D eigenvalue weighted by atomic mass is 10.00. The van der Waals surface area contributed by atoms with Gasteiger partial charge in [0.05, 0.1) is 5.69 Å². The summed E-state index contributed by atoms with van der Waals surface area (Å²) >= 11 is 0. The highest BCUT2D eigenvalue weighted by atomic mass is 16.5. The first kappa shape index (κ1) is 12.0. The van der Waals surface area contributed by atoms with Crippen LogP contribution in [0.3, 0.4) is 0 Å². The zero-order chi connectivity index (χ0) is 12.5. The molecule has 17 heavy (non-hydrogen) atoms. The van der Waals surface area contributed by atoms with Gasteiger partial charge in [0, 0.05) is 19.0 Å². The molecule has 2 rings (SSSR count). The molecule has 0 amide bonds. The summed E-state index contributed by atoms with van der Waals surface area (Å²) in [5, 5.41) is 19.1. The van der Waals surface area contributed by atoms with Crippen molar-refractivity contribution < 1.29 is 9.84 Å². The predicted molar refractivity (Wildman–Crippen MR) is 67.5 cm³/mol. The third-order valence-electron chi connectivity index (χ3n) is 3.32. The molecule has 0 atom stereocenters. The molecule has 1 aliphatic heterocycles. The van der Waals surface area contributed by atoms with Crippen molar-refractivity contribution in [2.45, 2.75) is 18.7 Å². The van der Waals surface area contributed by atoms with E-state index >= 15 is 0 Å².